The first-order valence-electron chi connectivity index (χ1n) is 14.7. The monoisotopic (exact) mass is 589 g/mol. The van der Waals surface area contributed by atoms with E-state index in [4.69, 9.17) is 9.47 Å². The number of fused-ring (bicyclic) bond motifs is 5. The minimum Gasteiger partial charge on any atom is -0.497 e. The van der Waals surface area contributed by atoms with Crippen LogP contribution in [0.3, 0.4) is 0 Å². The fraction of sp³-hybridized carbons (Fsp3) is 0.0750. The molecule has 1 aliphatic rings. The van der Waals surface area contributed by atoms with Crippen LogP contribution < -0.4 is 14.9 Å². The third kappa shape index (κ3) is 3.71. The zero-order valence-electron chi connectivity index (χ0n) is 24.4. The lowest BCUT2D eigenvalue weighted by atomic mass is 9.67. The molecule has 0 fully saturated rings. The first kappa shape index (κ1) is 26.4. The third-order valence-corrected chi connectivity index (χ3v) is 11.3. The summed E-state index contributed by atoms with van der Waals surface area (Å²) in [6.07, 6.45) is 0. The van der Waals surface area contributed by atoms with Crippen LogP contribution in [0.4, 0.5) is 0 Å². The smallest absolute Gasteiger partial charge is 0.203 e. The van der Waals surface area contributed by atoms with Crippen LogP contribution in [0.2, 0.25) is 0 Å². The molecule has 1 heterocycles. The van der Waals surface area contributed by atoms with Gasteiger partial charge in [0.05, 0.1) is 30.4 Å². The van der Waals surface area contributed by atoms with Crippen LogP contribution in [-0.2, 0) is 5.41 Å². The Labute approximate surface area is 258 Å². The highest BCUT2D eigenvalue weighted by atomic mass is 32.2. The van der Waals surface area contributed by atoms with E-state index < -0.39 is 15.9 Å². The van der Waals surface area contributed by atoms with Crippen LogP contribution in [0.1, 0.15) is 22.3 Å². The van der Waals surface area contributed by atoms with Crippen LogP contribution in [0.15, 0.2) is 144 Å². The van der Waals surface area contributed by atoms with Crippen LogP contribution >= 0.6 is 10.5 Å². The van der Waals surface area contributed by atoms with Gasteiger partial charge in [0.25, 0.3) is 0 Å². The van der Waals surface area contributed by atoms with Gasteiger partial charge >= 0.3 is 0 Å². The second-order valence-corrected chi connectivity index (χ2v) is 13.1. The molecule has 0 atom stereocenters. The Kier molecular flexibility index (Phi) is 6.14. The van der Waals surface area contributed by atoms with E-state index in [1.165, 1.54) is 27.1 Å². The molecule has 1 aliphatic carbocycles. The van der Waals surface area contributed by atoms with Gasteiger partial charge in [-0.15, -0.1) is 0 Å². The van der Waals surface area contributed by atoms with Crippen molar-refractivity contribution in [2.24, 2.45) is 0 Å². The van der Waals surface area contributed by atoms with Crippen molar-refractivity contribution in [1.29, 1.82) is 0 Å². The maximum atomic E-state index is 13.6. The molecule has 0 unspecified atom stereocenters. The number of benzene rings is 6. The Morgan fingerprint density at radius 2 is 1.02 bits per heavy atom. The molecule has 1 aromatic heterocycles. The molecule has 4 heteroatoms. The summed E-state index contributed by atoms with van der Waals surface area (Å²) in [7, 11) is 2.95. The molecular formula is C40H29O3S+. The van der Waals surface area contributed by atoms with Crippen molar-refractivity contribution < 1.29 is 9.47 Å². The van der Waals surface area contributed by atoms with Crippen molar-refractivity contribution in [1.82, 2.24) is 0 Å². The first-order valence-corrected chi connectivity index (χ1v) is 15.9. The quantitative estimate of drug-likeness (QED) is 0.148. The van der Waals surface area contributed by atoms with Gasteiger partial charge in [-0.1, -0.05) is 72.8 Å². The summed E-state index contributed by atoms with van der Waals surface area (Å²) in [5.41, 5.74) is 6.76. The Bertz CT molecular complexity index is 2160. The molecule has 0 saturated carbocycles. The van der Waals surface area contributed by atoms with Crippen molar-refractivity contribution in [2.75, 3.05) is 14.2 Å². The average Bonchev–Trinajstić information content (AvgIpc) is 3.39. The van der Waals surface area contributed by atoms with Gasteiger partial charge < -0.3 is 9.47 Å². The summed E-state index contributed by atoms with van der Waals surface area (Å²) < 4.78 is 13.3. The van der Waals surface area contributed by atoms with E-state index in [1.54, 1.807) is 14.2 Å². The molecule has 0 amide bonds. The van der Waals surface area contributed by atoms with E-state index in [2.05, 4.69) is 78.9 Å². The van der Waals surface area contributed by atoms with E-state index in [-0.39, 0.29) is 5.43 Å². The van der Waals surface area contributed by atoms with Gasteiger partial charge in [-0.2, -0.15) is 0 Å². The van der Waals surface area contributed by atoms with E-state index in [0.29, 0.717) is 0 Å². The molecule has 44 heavy (non-hydrogen) atoms. The number of hydrogen-bond acceptors (Lipinski definition) is 3. The van der Waals surface area contributed by atoms with Crippen LogP contribution in [0.25, 0.3) is 36.2 Å². The minimum atomic E-state index is -0.575. The second-order valence-electron chi connectivity index (χ2n) is 11.1. The Morgan fingerprint density at radius 1 is 0.523 bits per heavy atom. The lowest BCUT2D eigenvalue weighted by molar-refractivity contribution is 0.414. The molecule has 0 radical (unpaired) electrons. The number of rotatable bonds is 5. The highest BCUT2D eigenvalue weighted by molar-refractivity contribution is 7.49. The predicted molar refractivity (Wildman–Crippen MR) is 182 cm³/mol. The van der Waals surface area contributed by atoms with Crippen molar-refractivity contribution >= 4 is 30.6 Å². The molecule has 8 rings (SSSR count). The molecule has 0 N–H and O–H groups in total. The molecule has 3 nitrogen and oxygen atoms in total. The standard InChI is InChI=1S/C40H29O3S/c1-42-28-19-15-26(16-20-28)40(27-17-21-29(43-2)22-18-27)35-12-6-3-9-31(35)32-24-23-30(25-36(32)40)44-37-13-7-4-10-33(37)39(41)34-11-5-8-14-38(34)44/h3-25H,1-2H3/q+1. The van der Waals surface area contributed by atoms with Crippen molar-refractivity contribution in [3.05, 3.63) is 172 Å². The summed E-state index contributed by atoms with van der Waals surface area (Å²) in [5, 5.41) is 1.57. The lowest BCUT2D eigenvalue weighted by Gasteiger charge is -2.34. The van der Waals surface area contributed by atoms with Gasteiger partial charge in [-0.25, -0.2) is 0 Å². The average molecular weight is 590 g/mol. The van der Waals surface area contributed by atoms with E-state index in [1.807, 2.05) is 60.7 Å². The van der Waals surface area contributed by atoms with E-state index in [0.717, 1.165) is 42.8 Å². The minimum absolute atomic E-state index is 0.0966. The van der Waals surface area contributed by atoms with Crippen molar-refractivity contribution in [3.8, 4) is 27.5 Å². The van der Waals surface area contributed by atoms with Crippen LogP contribution in [0.5, 0.6) is 11.5 Å². The SMILES string of the molecule is COc1ccc(C2(c3ccc(OC)cc3)c3ccccc3-c3ccc(-[s+]4c5ccccc5c(=O)c5ccccc54)cc32)cc1. The molecular weight excluding hydrogens is 561 g/mol. The molecule has 7 aromatic rings. The van der Waals surface area contributed by atoms with Gasteiger partial charge in [0.15, 0.2) is 14.3 Å². The zero-order chi connectivity index (χ0) is 29.8. The van der Waals surface area contributed by atoms with Crippen molar-refractivity contribution in [3.63, 3.8) is 0 Å². The Hall–Kier alpha value is -5.19. The van der Waals surface area contributed by atoms with Gasteiger partial charge in [-0.3, -0.25) is 4.79 Å². The number of hydrogen-bond donors (Lipinski definition) is 0. The molecule has 0 aliphatic heterocycles. The molecule has 212 valence electrons. The van der Waals surface area contributed by atoms with Gasteiger partial charge in [0.1, 0.15) is 11.5 Å². The van der Waals surface area contributed by atoms with Crippen molar-refractivity contribution in [2.45, 2.75) is 5.41 Å². The third-order valence-electron chi connectivity index (χ3n) is 9.00. The molecule has 0 bridgehead atoms. The van der Waals surface area contributed by atoms with Crippen LogP contribution in [0, 0.1) is 0 Å². The van der Waals surface area contributed by atoms with E-state index in [9.17, 15) is 4.79 Å². The number of methoxy groups -OCH3 is 2. The molecule has 6 aromatic carbocycles. The van der Waals surface area contributed by atoms with E-state index >= 15 is 0 Å². The first-order chi connectivity index (χ1) is 21.6. The fourth-order valence-electron chi connectivity index (χ4n) is 7.04. The van der Waals surface area contributed by atoms with Crippen LogP contribution in [-0.4, -0.2) is 14.2 Å². The normalized spacial score (nSPS) is 13.0. The fourth-order valence-corrected chi connectivity index (χ4v) is 9.41. The second kappa shape index (κ2) is 10.2. The number of ether oxygens (including phenoxy) is 2. The lowest BCUT2D eigenvalue weighted by Crippen LogP contribution is -2.28. The predicted octanol–water partition coefficient (Wildman–Crippen LogP) is 9.47. The highest BCUT2D eigenvalue weighted by Gasteiger charge is 2.47. The molecule has 0 saturated heterocycles. The summed E-state index contributed by atoms with van der Waals surface area (Å²) in [4.78, 5) is 14.8. The summed E-state index contributed by atoms with van der Waals surface area (Å²) in [5.74, 6) is 1.64. The summed E-state index contributed by atoms with van der Waals surface area (Å²) >= 11 is 0. The zero-order valence-corrected chi connectivity index (χ0v) is 25.2. The maximum absolute atomic E-state index is 13.6. The summed E-state index contributed by atoms with van der Waals surface area (Å²) in [6.45, 7) is 0. The summed E-state index contributed by atoms with van der Waals surface area (Å²) in [6, 6.07) is 48.8. The van der Waals surface area contributed by atoms with Gasteiger partial charge in [0, 0.05) is 16.5 Å². The molecule has 0 spiro atoms. The highest BCUT2D eigenvalue weighted by Crippen LogP contribution is 2.58. The maximum Gasteiger partial charge on any atom is 0.203 e. The van der Waals surface area contributed by atoms with Gasteiger partial charge in [0.2, 0.25) is 5.43 Å². The Morgan fingerprint density at radius 3 is 1.59 bits per heavy atom. The topological polar surface area (TPSA) is 35.5 Å². The van der Waals surface area contributed by atoms with Gasteiger partial charge in [-0.05, 0) is 94.0 Å². The Balaban J connectivity index is 1.50. The largest absolute Gasteiger partial charge is 0.497 e.